The van der Waals surface area contributed by atoms with Crippen LogP contribution in [0.4, 0.5) is 0 Å². The molecule has 0 fully saturated rings. The van der Waals surface area contributed by atoms with Crippen molar-refractivity contribution in [2.45, 2.75) is 12.8 Å². The lowest BCUT2D eigenvalue weighted by Crippen LogP contribution is -2.31. The van der Waals surface area contributed by atoms with Gasteiger partial charge in [0.1, 0.15) is 0 Å². The number of benzene rings is 1. The molecule has 0 aromatic heterocycles. The van der Waals surface area contributed by atoms with Crippen LogP contribution in [0.1, 0.15) is 18.4 Å². The van der Waals surface area contributed by atoms with Gasteiger partial charge in [-0.25, -0.2) is 0 Å². The van der Waals surface area contributed by atoms with Crippen LogP contribution in [0.3, 0.4) is 0 Å². The molecule has 1 aromatic rings. The van der Waals surface area contributed by atoms with E-state index >= 15 is 0 Å². The maximum atomic E-state index is 12.0. The Kier molecular flexibility index (Phi) is 6.89. The highest BCUT2D eigenvalue weighted by Gasteiger charge is 2.09. The van der Waals surface area contributed by atoms with Crippen molar-refractivity contribution in [3.63, 3.8) is 0 Å². The summed E-state index contributed by atoms with van der Waals surface area (Å²) in [7, 11) is 0. The van der Waals surface area contributed by atoms with Gasteiger partial charge in [-0.2, -0.15) is 10.5 Å². The molecule has 1 aromatic carbocycles. The van der Waals surface area contributed by atoms with Gasteiger partial charge < -0.3 is 4.90 Å². The molecule has 0 N–H and O–H groups in total. The highest BCUT2D eigenvalue weighted by molar-refractivity contribution is 6.30. The van der Waals surface area contributed by atoms with Crippen LogP contribution in [0.15, 0.2) is 30.3 Å². The second-order valence-electron chi connectivity index (χ2n) is 4.03. The molecular weight excluding hydrogens is 274 g/mol. The first kappa shape index (κ1) is 15.8. The van der Waals surface area contributed by atoms with Crippen molar-refractivity contribution >= 4 is 23.6 Å². The molecule has 102 valence electrons. The number of nitriles is 2. The summed E-state index contributed by atoms with van der Waals surface area (Å²) in [5, 5.41) is 17.8. The van der Waals surface area contributed by atoms with Crippen LogP contribution in [-0.2, 0) is 4.79 Å². The van der Waals surface area contributed by atoms with E-state index in [-0.39, 0.29) is 18.7 Å². The molecule has 0 saturated carbocycles. The largest absolute Gasteiger partial charge is 0.337 e. The third-order valence-electron chi connectivity index (χ3n) is 2.59. The van der Waals surface area contributed by atoms with Crippen LogP contribution in [-0.4, -0.2) is 23.9 Å². The predicted molar refractivity (Wildman–Crippen MR) is 77.5 cm³/mol. The minimum absolute atomic E-state index is 0.203. The Labute approximate surface area is 123 Å². The van der Waals surface area contributed by atoms with Crippen molar-refractivity contribution < 1.29 is 4.79 Å². The lowest BCUT2D eigenvalue weighted by atomic mass is 10.2. The van der Waals surface area contributed by atoms with Crippen LogP contribution in [0.5, 0.6) is 0 Å². The zero-order chi connectivity index (χ0) is 14.8. The number of amides is 1. The summed E-state index contributed by atoms with van der Waals surface area (Å²) in [6.45, 7) is 0.671. The molecule has 0 aliphatic heterocycles. The van der Waals surface area contributed by atoms with Crippen molar-refractivity contribution in [3.8, 4) is 12.1 Å². The number of carbonyl (C=O) groups is 1. The normalized spacial score (nSPS) is 9.95. The molecule has 0 heterocycles. The monoisotopic (exact) mass is 287 g/mol. The summed E-state index contributed by atoms with van der Waals surface area (Å²) in [5.41, 5.74) is 0.864. The standard InChI is InChI=1S/C15H14ClN3O/c16-14-6-3-13(4-7-14)5-8-15(20)19(11-1-9-17)12-2-10-18/h3-8H,1-2,11-12H2. The van der Waals surface area contributed by atoms with Crippen LogP contribution >= 0.6 is 11.6 Å². The Morgan fingerprint density at radius 2 is 1.70 bits per heavy atom. The van der Waals surface area contributed by atoms with Crippen molar-refractivity contribution in [1.82, 2.24) is 4.90 Å². The number of hydrogen-bond donors (Lipinski definition) is 0. The Hall–Kier alpha value is -2.30. The third-order valence-corrected chi connectivity index (χ3v) is 2.84. The number of hydrogen-bond acceptors (Lipinski definition) is 3. The number of rotatable bonds is 6. The quantitative estimate of drug-likeness (QED) is 0.755. The summed E-state index contributed by atoms with van der Waals surface area (Å²) in [4.78, 5) is 13.5. The predicted octanol–water partition coefficient (Wildman–Crippen LogP) is 3.01. The van der Waals surface area contributed by atoms with Crippen molar-refractivity contribution in [1.29, 1.82) is 10.5 Å². The zero-order valence-corrected chi connectivity index (χ0v) is 11.7. The van der Waals surface area contributed by atoms with Gasteiger partial charge in [0.15, 0.2) is 0 Å². The summed E-state index contributed by atoms with van der Waals surface area (Å²) in [6.07, 6.45) is 3.64. The maximum absolute atomic E-state index is 12.0. The molecule has 0 spiro atoms. The van der Waals surface area contributed by atoms with Crippen LogP contribution in [0, 0.1) is 22.7 Å². The minimum Gasteiger partial charge on any atom is -0.337 e. The fraction of sp³-hybridized carbons (Fsp3) is 0.267. The molecule has 20 heavy (non-hydrogen) atoms. The molecule has 0 saturated heterocycles. The molecular formula is C15H14ClN3O. The van der Waals surface area contributed by atoms with Crippen molar-refractivity contribution in [2.75, 3.05) is 13.1 Å². The summed E-state index contributed by atoms with van der Waals surface area (Å²) in [5.74, 6) is -0.203. The van der Waals surface area contributed by atoms with Gasteiger partial charge in [0.05, 0.1) is 25.0 Å². The van der Waals surface area contributed by atoms with Gasteiger partial charge in [-0.3, -0.25) is 4.79 Å². The Balaban J connectivity index is 2.67. The van der Waals surface area contributed by atoms with E-state index in [1.54, 1.807) is 30.3 Å². The topological polar surface area (TPSA) is 67.9 Å². The molecule has 5 heteroatoms. The van der Waals surface area contributed by atoms with Gasteiger partial charge in [-0.15, -0.1) is 0 Å². The maximum Gasteiger partial charge on any atom is 0.246 e. The first-order valence-electron chi connectivity index (χ1n) is 6.14. The molecule has 0 atom stereocenters. The molecule has 0 aliphatic carbocycles. The fourth-order valence-electron chi connectivity index (χ4n) is 1.55. The van der Waals surface area contributed by atoms with Crippen LogP contribution in [0.2, 0.25) is 5.02 Å². The summed E-state index contributed by atoms with van der Waals surface area (Å²) >= 11 is 5.78. The summed E-state index contributed by atoms with van der Waals surface area (Å²) in [6, 6.07) is 11.1. The third kappa shape index (κ3) is 5.56. The number of halogens is 1. The average Bonchev–Trinajstić information content (AvgIpc) is 2.46. The fourth-order valence-corrected chi connectivity index (χ4v) is 1.67. The highest BCUT2D eigenvalue weighted by atomic mass is 35.5. The van der Waals surface area contributed by atoms with Gasteiger partial charge in [0.25, 0.3) is 0 Å². The molecule has 4 nitrogen and oxygen atoms in total. The van der Waals surface area contributed by atoms with Gasteiger partial charge in [-0.1, -0.05) is 23.7 Å². The molecule has 0 aliphatic rings. The second-order valence-corrected chi connectivity index (χ2v) is 4.46. The van der Waals surface area contributed by atoms with Crippen LogP contribution < -0.4 is 0 Å². The van der Waals surface area contributed by atoms with E-state index in [1.807, 2.05) is 12.1 Å². The van der Waals surface area contributed by atoms with Crippen molar-refractivity contribution in [2.24, 2.45) is 0 Å². The molecule has 0 radical (unpaired) electrons. The van der Waals surface area contributed by atoms with Gasteiger partial charge >= 0.3 is 0 Å². The second kappa shape index (κ2) is 8.74. The Morgan fingerprint density at radius 3 is 2.20 bits per heavy atom. The van der Waals surface area contributed by atoms with E-state index in [0.717, 1.165) is 5.56 Å². The molecule has 0 bridgehead atoms. The summed E-state index contributed by atoms with van der Waals surface area (Å²) < 4.78 is 0. The number of nitrogens with zero attached hydrogens (tertiary/aromatic N) is 3. The van der Waals surface area contributed by atoms with Gasteiger partial charge in [-0.05, 0) is 23.8 Å². The van der Waals surface area contributed by atoms with E-state index in [2.05, 4.69) is 0 Å². The van der Waals surface area contributed by atoms with E-state index < -0.39 is 0 Å². The van der Waals surface area contributed by atoms with Gasteiger partial charge in [0, 0.05) is 24.2 Å². The SMILES string of the molecule is N#CCCN(CCC#N)C(=O)C=Cc1ccc(Cl)cc1. The van der Waals surface area contributed by atoms with E-state index in [9.17, 15) is 4.79 Å². The lowest BCUT2D eigenvalue weighted by molar-refractivity contribution is -0.125. The molecule has 1 amide bonds. The Bertz CT molecular complexity index is 534. The van der Waals surface area contributed by atoms with Gasteiger partial charge in [0.2, 0.25) is 5.91 Å². The van der Waals surface area contributed by atoms with Crippen LogP contribution in [0.25, 0.3) is 6.08 Å². The smallest absolute Gasteiger partial charge is 0.246 e. The molecule has 1 rings (SSSR count). The van der Waals surface area contributed by atoms with Crippen molar-refractivity contribution in [3.05, 3.63) is 40.9 Å². The lowest BCUT2D eigenvalue weighted by Gasteiger charge is -2.18. The number of carbonyl (C=O) groups excluding carboxylic acids is 1. The first-order chi connectivity index (χ1) is 9.67. The zero-order valence-electron chi connectivity index (χ0n) is 10.9. The average molecular weight is 288 g/mol. The Morgan fingerprint density at radius 1 is 1.15 bits per heavy atom. The minimum atomic E-state index is -0.203. The molecule has 0 unspecified atom stereocenters. The van der Waals surface area contributed by atoms with E-state index in [0.29, 0.717) is 18.1 Å². The highest BCUT2D eigenvalue weighted by Crippen LogP contribution is 2.10. The van der Waals surface area contributed by atoms with E-state index in [4.69, 9.17) is 22.1 Å². The van der Waals surface area contributed by atoms with E-state index in [1.165, 1.54) is 11.0 Å². The first-order valence-corrected chi connectivity index (χ1v) is 6.51.